The van der Waals surface area contributed by atoms with Gasteiger partial charge < -0.3 is 14.2 Å². The molecule has 76 heavy (non-hydrogen) atoms. The highest BCUT2D eigenvalue weighted by atomic mass is 16.6. The Morgan fingerprint density at radius 2 is 0.474 bits per heavy atom. The monoisotopic (exact) mass is 1070 g/mol. The number of carbonyl (C=O) groups is 3. The molecular formula is C70H132O6. The number of esters is 3. The Morgan fingerprint density at radius 3 is 0.724 bits per heavy atom. The van der Waals surface area contributed by atoms with Crippen LogP contribution in [0.25, 0.3) is 0 Å². The third-order valence-corrected chi connectivity index (χ3v) is 15.7. The molecule has 0 aromatic rings. The fourth-order valence-corrected chi connectivity index (χ4v) is 10.5. The summed E-state index contributed by atoms with van der Waals surface area (Å²) in [6.45, 7) is 6.71. The summed E-state index contributed by atoms with van der Waals surface area (Å²) in [5, 5.41) is 0. The molecule has 0 bridgehead atoms. The Hall–Kier alpha value is -2.11. The topological polar surface area (TPSA) is 78.9 Å². The van der Waals surface area contributed by atoms with Crippen molar-refractivity contribution in [1.82, 2.24) is 0 Å². The number of rotatable bonds is 64. The van der Waals surface area contributed by atoms with Crippen molar-refractivity contribution in [2.24, 2.45) is 0 Å². The van der Waals surface area contributed by atoms with E-state index < -0.39 is 6.10 Å². The predicted octanol–water partition coefficient (Wildman–Crippen LogP) is 23.4. The minimum Gasteiger partial charge on any atom is -0.462 e. The Kier molecular flexibility index (Phi) is 63.6. The normalized spacial score (nSPS) is 12.1. The van der Waals surface area contributed by atoms with Crippen LogP contribution in [0.1, 0.15) is 387 Å². The van der Waals surface area contributed by atoms with Crippen LogP contribution < -0.4 is 0 Å². The first-order chi connectivity index (χ1) is 37.5. The average Bonchev–Trinajstić information content (AvgIpc) is 3.42. The Bertz CT molecular complexity index is 1230. The molecule has 0 aromatic heterocycles. The maximum absolute atomic E-state index is 12.9. The predicted molar refractivity (Wildman–Crippen MR) is 330 cm³/mol. The van der Waals surface area contributed by atoms with Crippen LogP contribution in [-0.4, -0.2) is 37.2 Å². The Labute approximate surface area is 474 Å². The fraction of sp³-hybridized carbons (Fsp3) is 0.900. The van der Waals surface area contributed by atoms with Crippen LogP contribution in [0, 0.1) is 0 Å². The highest BCUT2D eigenvalue weighted by molar-refractivity contribution is 5.71. The summed E-state index contributed by atoms with van der Waals surface area (Å²) in [6.07, 6.45) is 79.1. The van der Waals surface area contributed by atoms with Crippen LogP contribution in [0.15, 0.2) is 24.3 Å². The van der Waals surface area contributed by atoms with Crippen molar-refractivity contribution >= 4 is 17.9 Å². The molecular weight excluding hydrogens is 937 g/mol. The Morgan fingerprint density at radius 1 is 0.263 bits per heavy atom. The molecule has 6 heteroatoms. The molecule has 448 valence electrons. The first-order valence-electron chi connectivity index (χ1n) is 34.3. The second-order valence-electron chi connectivity index (χ2n) is 23.5. The molecule has 1 unspecified atom stereocenters. The van der Waals surface area contributed by atoms with E-state index in [0.29, 0.717) is 19.3 Å². The van der Waals surface area contributed by atoms with Gasteiger partial charge in [-0.1, -0.05) is 340 Å². The maximum atomic E-state index is 12.9. The molecule has 0 rings (SSSR count). The minimum atomic E-state index is -0.767. The Balaban J connectivity index is 4.23. The van der Waals surface area contributed by atoms with E-state index in [0.717, 1.165) is 64.2 Å². The fourth-order valence-electron chi connectivity index (χ4n) is 10.5. The molecule has 0 aromatic carbocycles. The standard InChI is InChI=1S/C70H132O6/c1-4-7-10-13-16-19-22-25-27-29-31-33-34-35-36-37-39-40-42-45-48-51-54-57-60-63-69(72)75-66-67(65-74-68(71)62-59-56-53-50-47-44-24-21-18-15-12-9-6-3)76-70(73)64-61-58-55-52-49-46-43-41-38-32-30-28-26-23-20-17-14-11-8-5-2/h22,25,29,31,67H,4-21,23-24,26-28,30,32-66H2,1-3H3/b25-22-,31-29-. The highest BCUT2D eigenvalue weighted by Gasteiger charge is 2.19. The lowest BCUT2D eigenvalue weighted by atomic mass is 10.0. The van der Waals surface area contributed by atoms with Crippen LogP contribution in [0.5, 0.6) is 0 Å². The number of allylic oxidation sites excluding steroid dienone is 4. The number of hydrogen-bond acceptors (Lipinski definition) is 6. The zero-order valence-electron chi connectivity index (χ0n) is 51.6. The van der Waals surface area contributed by atoms with Crippen LogP contribution in [0.3, 0.4) is 0 Å². The molecule has 1 atom stereocenters. The first-order valence-corrected chi connectivity index (χ1v) is 34.3. The van der Waals surface area contributed by atoms with Gasteiger partial charge in [0.15, 0.2) is 6.10 Å². The van der Waals surface area contributed by atoms with Crippen molar-refractivity contribution < 1.29 is 28.6 Å². The number of hydrogen-bond donors (Lipinski definition) is 0. The zero-order valence-corrected chi connectivity index (χ0v) is 51.6. The van der Waals surface area contributed by atoms with Gasteiger partial charge in [0.2, 0.25) is 0 Å². The molecule has 0 spiro atoms. The number of ether oxygens (including phenoxy) is 3. The molecule has 0 saturated heterocycles. The summed E-state index contributed by atoms with van der Waals surface area (Å²) in [6, 6.07) is 0. The lowest BCUT2D eigenvalue weighted by Crippen LogP contribution is -2.30. The SMILES string of the molecule is CCCCCCC/C=C\C/C=C\CCCCCCCCCCCCCCCC(=O)OCC(COC(=O)CCCCCCCCCCCCCCC)OC(=O)CCCCCCCCCCCCCCCCCCCCCC. The van der Waals surface area contributed by atoms with Gasteiger partial charge >= 0.3 is 17.9 Å². The largest absolute Gasteiger partial charge is 0.462 e. The van der Waals surface area contributed by atoms with Gasteiger partial charge in [-0.15, -0.1) is 0 Å². The second-order valence-corrected chi connectivity index (χ2v) is 23.5. The quantitative estimate of drug-likeness (QED) is 0.0261. The van der Waals surface area contributed by atoms with Crippen LogP contribution >= 0.6 is 0 Å². The van der Waals surface area contributed by atoms with Gasteiger partial charge in [0.1, 0.15) is 13.2 Å². The van der Waals surface area contributed by atoms with E-state index in [-0.39, 0.29) is 31.1 Å². The van der Waals surface area contributed by atoms with Crippen LogP contribution in [0.2, 0.25) is 0 Å². The summed E-state index contributed by atoms with van der Waals surface area (Å²) in [5.41, 5.74) is 0. The van der Waals surface area contributed by atoms with Crippen molar-refractivity contribution in [3.8, 4) is 0 Å². The van der Waals surface area contributed by atoms with E-state index in [1.54, 1.807) is 0 Å². The van der Waals surface area contributed by atoms with Gasteiger partial charge in [-0.25, -0.2) is 0 Å². The van der Waals surface area contributed by atoms with E-state index in [4.69, 9.17) is 14.2 Å². The third-order valence-electron chi connectivity index (χ3n) is 15.7. The van der Waals surface area contributed by atoms with Gasteiger partial charge in [-0.2, -0.15) is 0 Å². The van der Waals surface area contributed by atoms with Gasteiger partial charge in [0, 0.05) is 19.3 Å². The second kappa shape index (κ2) is 65.4. The van der Waals surface area contributed by atoms with Gasteiger partial charge in [0.05, 0.1) is 0 Å². The van der Waals surface area contributed by atoms with E-state index >= 15 is 0 Å². The summed E-state index contributed by atoms with van der Waals surface area (Å²) in [4.78, 5) is 38.4. The lowest BCUT2D eigenvalue weighted by Gasteiger charge is -2.18. The van der Waals surface area contributed by atoms with Crippen molar-refractivity contribution in [2.75, 3.05) is 13.2 Å². The highest BCUT2D eigenvalue weighted by Crippen LogP contribution is 2.18. The van der Waals surface area contributed by atoms with Crippen LogP contribution in [0.4, 0.5) is 0 Å². The van der Waals surface area contributed by atoms with Crippen molar-refractivity contribution in [2.45, 2.75) is 393 Å². The number of carbonyl (C=O) groups excluding carboxylic acids is 3. The first kappa shape index (κ1) is 73.9. The molecule has 0 amide bonds. The van der Waals surface area contributed by atoms with Crippen molar-refractivity contribution in [1.29, 1.82) is 0 Å². The van der Waals surface area contributed by atoms with Gasteiger partial charge in [-0.3, -0.25) is 14.4 Å². The molecule has 0 aliphatic carbocycles. The number of unbranched alkanes of at least 4 members (excludes halogenated alkanes) is 49. The molecule has 0 saturated carbocycles. The van der Waals surface area contributed by atoms with E-state index in [1.165, 1.54) is 283 Å². The summed E-state index contributed by atoms with van der Waals surface area (Å²) >= 11 is 0. The van der Waals surface area contributed by atoms with Crippen molar-refractivity contribution in [3.05, 3.63) is 24.3 Å². The summed E-state index contributed by atoms with van der Waals surface area (Å²) in [7, 11) is 0. The molecule has 0 radical (unpaired) electrons. The molecule has 0 N–H and O–H groups in total. The minimum absolute atomic E-state index is 0.0643. The van der Waals surface area contributed by atoms with E-state index in [1.807, 2.05) is 0 Å². The van der Waals surface area contributed by atoms with Gasteiger partial charge in [0.25, 0.3) is 0 Å². The van der Waals surface area contributed by atoms with E-state index in [9.17, 15) is 14.4 Å². The molecule has 0 aliphatic rings. The summed E-state index contributed by atoms with van der Waals surface area (Å²) in [5.74, 6) is -0.833. The van der Waals surface area contributed by atoms with Crippen LogP contribution in [-0.2, 0) is 28.6 Å². The molecule has 0 aliphatic heterocycles. The molecule has 6 nitrogen and oxygen atoms in total. The third kappa shape index (κ3) is 62.7. The summed E-state index contributed by atoms with van der Waals surface area (Å²) < 4.78 is 17.0. The lowest BCUT2D eigenvalue weighted by molar-refractivity contribution is -0.167. The zero-order chi connectivity index (χ0) is 55.0. The molecule has 0 heterocycles. The van der Waals surface area contributed by atoms with E-state index in [2.05, 4.69) is 45.1 Å². The average molecular weight is 1070 g/mol. The molecule has 0 fully saturated rings. The van der Waals surface area contributed by atoms with Gasteiger partial charge in [-0.05, 0) is 51.4 Å². The maximum Gasteiger partial charge on any atom is 0.306 e. The van der Waals surface area contributed by atoms with Crippen molar-refractivity contribution in [3.63, 3.8) is 0 Å². The smallest absolute Gasteiger partial charge is 0.306 e.